The van der Waals surface area contributed by atoms with Crippen LogP contribution in [0, 0.1) is 5.82 Å². The molecule has 0 saturated carbocycles. The van der Waals surface area contributed by atoms with Crippen LogP contribution in [0.2, 0.25) is 0 Å². The second kappa shape index (κ2) is 5.52. The van der Waals surface area contributed by atoms with Gasteiger partial charge in [0.2, 0.25) is 0 Å². The lowest BCUT2D eigenvalue weighted by atomic mass is 10.2. The Morgan fingerprint density at radius 2 is 2.26 bits per heavy atom. The molecule has 0 aliphatic heterocycles. The molecule has 0 bridgehead atoms. The lowest BCUT2D eigenvalue weighted by Gasteiger charge is -2.02. The van der Waals surface area contributed by atoms with Crippen LogP contribution in [0.15, 0.2) is 28.9 Å². The summed E-state index contributed by atoms with van der Waals surface area (Å²) in [5, 5.41) is 8.70. The molecule has 6 heteroatoms. The van der Waals surface area contributed by atoms with E-state index in [1.165, 1.54) is 12.1 Å². The molecule has 1 aromatic heterocycles. The second-order valence-corrected chi connectivity index (χ2v) is 4.89. The molecule has 0 fully saturated rings. The molecule has 0 unspecified atom stereocenters. The minimum absolute atomic E-state index is 0.0121. The number of benzene rings is 1. The normalized spacial score (nSPS) is 10.7. The highest BCUT2D eigenvalue weighted by Gasteiger charge is 2.15. The molecule has 2 rings (SSSR count). The summed E-state index contributed by atoms with van der Waals surface area (Å²) in [7, 11) is 1.79. The Morgan fingerprint density at radius 3 is 2.89 bits per heavy atom. The fourth-order valence-corrected chi connectivity index (χ4v) is 2.26. The molecule has 2 aromatic rings. The van der Waals surface area contributed by atoms with Crippen LogP contribution in [0.3, 0.4) is 0 Å². The maximum Gasteiger partial charge on any atom is 0.303 e. The zero-order valence-corrected chi connectivity index (χ0v) is 11.8. The van der Waals surface area contributed by atoms with Crippen LogP contribution >= 0.6 is 15.9 Å². The van der Waals surface area contributed by atoms with E-state index in [9.17, 15) is 9.18 Å². The third-order valence-corrected chi connectivity index (χ3v) is 3.74. The van der Waals surface area contributed by atoms with Gasteiger partial charge in [0.15, 0.2) is 0 Å². The van der Waals surface area contributed by atoms with E-state index in [-0.39, 0.29) is 12.2 Å². The van der Waals surface area contributed by atoms with Gasteiger partial charge in [-0.15, -0.1) is 0 Å². The maximum absolute atomic E-state index is 13.2. The molecular formula is C13H12BrFN2O2. The molecule has 0 saturated heterocycles. The molecule has 0 amide bonds. The average molecular weight is 327 g/mol. The molecule has 19 heavy (non-hydrogen) atoms. The first-order chi connectivity index (χ1) is 8.99. The molecule has 1 aromatic carbocycles. The number of rotatable bonds is 4. The number of halogens is 2. The number of hydrogen-bond acceptors (Lipinski definition) is 2. The van der Waals surface area contributed by atoms with Gasteiger partial charge in [-0.1, -0.05) is 12.1 Å². The van der Waals surface area contributed by atoms with E-state index >= 15 is 0 Å². The van der Waals surface area contributed by atoms with Gasteiger partial charge in [-0.05, 0) is 28.1 Å². The zero-order chi connectivity index (χ0) is 14.0. The zero-order valence-electron chi connectivity index (χ0n) is 10.2. The minimum atomic E-state index is -0.871. The van der Waals surface area contributed by atoms with Crippen molar-refractivity contribution in [1.29, 1.82) is 0 Å². The van der Waals surface area contributed by atoms with Crippen molar-refractivity contribution in [2.45, 2.75) is 12.8 Å². The topological polar surface area (TPSA) is 55.1 Å². The fourth-order valence-electron chi connectivity index (χ4n) is 1.81. The van der Waals surface area contributed by atoms with E-state index in [0.717, 1.165) is 0 Å². The molecular weight excluding hydrogens is 315 g/mol. The van der Waals surface area contributed by atoms with Gasteiger partial charge in [0.25, 0.3) is 0 Å². The van der Waals surface area contributed by atoms with Gasteiger partial charge in [0, 0.05) is 19.0 Å². The fraction of sp³-hybridized carbons (Fsp3) is 0.231. The van der Waals surface area contributed by atoms with Gasteiger partial charge in [-0.3, -0.25) is 4.79 Å². The van der Waals surface area contributed by atoms with Gasteiger partial charge in [0.05, 0.1) is 12.1 Å². The minimum Gasteiger partial charge on any atom is -0.481 e. The quantitative estimate of drug-likeness (QED) is 0.939. The number of aromatic nitrogens is 2. The summed E-state index contributed by atoms with van der Waals surface area (Å²) in [5.41, 5.74) is 1.31. The van der Waals surface area contributed by atoms with Crippen molar-refractivity contribution in [3.8, 4) is 11.4 Å². The molecule has 1 heterocycles. The van der Waals surface area contributed by atoms with Crippen molar-refractivity contribution in [3.05, 3.63) is 40.4 Å². The lowest BCUT2D eigenvalue weighted by molar-refractivity contribution is -0.136. The summed E-state index contributed by atoms with van der Waals surface area (Å²) in [4.78, 5) is 15.0. The van der Waals surface area contributed by atoms with E-state index in [1.807, 2.05) is 0 Å². The summed E-state index contributed by atoms with van der Waals surface area (Å²) in [5.74, 6) is -0.597. The Balaban J connectivity index is 2.37. The van der Waals surface area contributed by atoms with E-state index in [0.29, 0.717) is 28.1 Å². The number of carboxylic acids is 1. The van der Waals surface area contributed by atoms with Crippen LogP contribution in [0.4, 0.5) is 4.39 Å². The Kier molecular flexibility index (Phi) is 3.99. The van der Waals surface area contributed by atoms with Crippen molar-refractivity contribution in [2.75, 3.05) is 0 Å². The molecule has 0 spiro atoms. The van der Waals surface area contributed by atoms with Gasteiger partial charge >= 0.3 is 5.97 Å². The smallest absolute Gasteiger partial charge is 0.303 e. The van der Waals surface area contributed by atoms with Crippen LogP contribution in [0.5, 0.6) is 0 Å². The predicted molar refractivity (Wildman–Crippen MR) is 72.3 cm³/mol. The van der Waals surface area contributed by atoms with Gasteiger partial charge in [-0.25, -0.2) is 9.37 Å². The largest absolute Gasteiger partial charge is 0.481 e. The number of hydrogen-bond donors (Lipinski definition) is 1. The van der Waals surface area contributed by atoms with Crippen LogP contribution in [-0.4, -0.2) is 20.6 Å². The van der Waals surface area contributed by atoms with Crippen LogP contribution in [0.1, 0.15) is 12.1 Å². The third kappa shape index (κ3) is 3.01. The molecule has 0 radical (unpaired) electrons. The predicted octanol–water partition coefficient (Wildman–Crippen LogP) is 3.01. The van der Waals surface area contributed by atoms with Crippen molar-refractivity contribution >= 4 is 21.9 Å². The highest BCUT2D eigenvalue weighted by atomic mass is 79.9. The molecule has 0 aliphatic carbocycles. The molecule has 0 aliphatic rings. The third-order valence-electron chi connectivity index (χ3n) is 2.75. The molecule has 100 valence electrons. The van der Waals surface area contributed by atoms with Crippen molar-refractivity contribution in [3.63, 3.8) is 0 Å². The number of aryl methyl sites for hydroxylation is 1. The van der Waals surface area contributed by atoms with Gasteiger partial charge in [0.1, 0.15) is 16.2 Å². The molecule has 0 atom stereocenters. The number of aliphatic carboxylic acids is 1. The van der Waals surface area contributed by atoms with Gasteiger partial charge < -0.3 is 9.67 Å². The van der Waals surface area contributed by atoms with E-state index < -0.39 is 5.97 Å². The Hall–Kier alpha value is -1.69. The number of carboxylic acid groups (broad SMARTS) is 1. The highest BCUT2D eigenvalue weighted by molar-refractivity contribution is 9.10. The van der Waals surface area contributed by atoms with Crippen molar-refractivity contribution < 1.29 is 14.3 Å². The first kappa shape index (κ1) is 13.7. The van der Waals surface area contributed by atoms with E-state index in [2.05, 4.69) is 20.9 Å². The Labute approximate surface area is 118 Å². The number of carbonyl (C=O) groups is 1. The molecule has 1 N–H and O–H groups in total. The monoisotopic (exact) mass is 326 g/mol. The Bertz CT molecular complexity index is 625. The van der Waals surface area contributed by atoms with Gasteiger partial charge in [-0.2, -0.15) is 0 Å². The van der Waals surface area contributed by atoms with Crippen LogP contribution in [-0.2, 0) is 18.3 Å². The number of nitrogens with zero attached hydrogens (tertiary/aromatic N) is 2. The summed E-state index contributed by atoms with van der Waals surface area (Å²) in [6, 6.07) is 6.14. The standard InChI is InChI=1S/C13H12BrFN2O2/c1-17-12(14)10(5-6-11(18)19)16-13(17)8-3-2-4-9(15)7-8/h2-4,7H,5-6H2,1H3,(H,18,19). The molecule has 4 nitrogen and oxygen atoms in total. The highest BCUT2D eigenvalue weighted by Crippen LogP contribution is 2.26. The van der Waals surface area contributed by atoms with Crippen LogP contribution < -0.4 is 0 Å². The second-order valence-electron chi connectivity index (χ2n) is 4.14. The number of imidazole rings is 1. The van der Waals surface area contributed by atoms with Crippen molar-refractivity contribution in [1.82, 2.24) is 9.55 Å². The SMILES string of the molecule is Cn1c(-c2cccc(F)c2)nc(CCC(=O)O)c1Br. The summed E-state index contributed by atoms with van der Waals surface area (Å²) >= 11 is 3.38. The van der Waals surface area contributed by atoms with Crippen LogP contribution in [0.25, 0.3) is 11.4 Å². The first-order valence-corrected chi connectivity index (χ1v) is 6.47. The first-order valence-electron chi connectivity index (χ1n) is 5.68. The summed E-state index contributed by atoms with van der Waals surface area (Å²) in [6.45, 7) is 0. The average Bonchev–Trinajstić information content (AvgIpc) is 2.64. The lowest BCUT2D eigenvalue weighted by Crippen LogP contribution is -1.98. The Morgan fingerprint density at radius 1 is 1.53 bits per heavy atom. The summed E-state index contributed by atoms with van der Waals surface area (Å²) in [6.07, 6.45) is 0.345. The summed E-state index contributed by atoms with van der Waals surface area (Å²) < 4.78 is 15.7. The van der Waals surface area contributed by atoms with E-state index in [1.54, 1.807) is 23.7 Å². The van der Waals surface area contributed by atoms with E-state index in [4.69, 9.17) is 5.11 Å². The maximum atomic E-state index is 13.2. The van der Waals surface area contributed by atoms with Crippen molar-refractivity contribution in [2.24, 2.45) is 7.05 Å².